The monoisotopic (exact) mass is 316 g/mol. The van der Waals surface area contributed by atoms with E-state index >= 15 is 0 Å². The SMILES string of the molecule is CC(C)(C)c1ncnn1Cc1cn(-c2ccc(Cl)cc2)nn1. The highest BCUT2D eigenvalue weighted by Gasteiger charge is 2.21. The van der Waals surface area contributed by atoms with Gasteiger partial charge in [-0.15, -0.1) is 5.10 Å². The number of hydrogen-bond acceptors (Lipinski definition) is 4. The second kappa shape index (κ2) is 5.53. The molecular formula is C15H17ClN6. The first-order chi connectivity index (χ1) is 10.4. The van der Waals surface area contributed by atoms with E-state index in [1.54, 1.807) is 11.0 Å². The fourth-order valence-electron chi connectivity index (χ4n) is 2.21. The fourth-order valence-corrected chi connectivity index (χ4v) is 2.33. The number of aromatic nitrogens is 6. The maximum absolute atomic E-state index is 5.90. The van der Waals surface area contributed by atoms with E-state index < -0.39 is 0 Å². The minimum absolute atomic E-state index is 0.0668. The normalized spacial score (nSPS) is 11.8. The summed E-state index contributed by atoms with van der Waals surface area (Å²) in [7, 11) is 0. The fraction of sp³-hybridized carbons (Fsp3) is 0.333. The molecule has 114 valence electrons. The van der Waals surface area contributed by atoms with Gasteiger partial charge in [0.05, 0.1) is 18.4 Å². The van der Waals surface area contributed by atoms with E-state index in [0.717, 1.165) is 17.2 Å². The standard InChI is InChI=1S/C15H17ClN6/c1-15(2,3)14-17-10-18-22(14)9-12-8-21(20-19-12)13-6-4-11(16)5-7-13/h4-8,10H,9H2,1-3H3. The van der Waals surface area contributed by atoms with E-state index in [-0.39, 0.29) is 5.41 Å². The molecule has 0 aliphatic carbocycles. The molecular weight excluding hydrogens is 300 g/mol. The smallest absolute Gasteiger partial charge is 0.138 e. The largest absolute Gasteiger partial charge is 0.243 e. The molecule has 6 nitrogen and oxygen atoms in total. The zero-order valence-electron chi connectivity index (χ0n) is 12.7. The molecule has 7 heteroatoms. The average molecular weight is 317 g/mol. The molecule has 0 amide bonds. The lowest BCUT2D eigenvalue weighted by Gasteiger charge is -2.17. The molecule has 3 rings (SSSR count). The van der Waals surface area contributed by atoms with E-state index in [1.807, 2.05) is 35.1 Å². The maximum Gasteiger partial charge on any atom is 0.138 e. The van der Waals surface area contributed by atoms with Crippen LogP contribution in [0.15, 0.2) is 36.8 Å². The second-order valence-electron chi connectivity index (χ2n) is 6.12. The Morgan fingerprint density at radius 3 is 2.55 bits per heavy atom. The molecule has 2 aromatic heterocycles. The molecule has 0 aliphatic heterocycles. The van der Waals surface area contributed by atoms with Gasteiger partial charge in [-0.05, 0) is 24.3 Å². The lowest BCUT2D eigenvalue weighted by atomic mass is 9.96. The zero-order valence-corrected chi connectivity index (χ0v) is 13.5. The van der Waals surface area contributed by atoms with Gasteiger partial charge in [-0.3, -0.25) is 0 Å². The van der Waals surface area contributed by atoms with Gasteiger partial charge < -0.3 is 0 Å². The maximum atomic E-state index is 5.90. The van der Waals surface area contributed by atoms with Gasteiger partial charge in [-0.25, -0.2) is 14.3 Å². The third-order valence-electron chi connectivity index (χ3n) is 3.23. The van der Waals surface area contributed by atoms with Crippen LogP contribution in [-0.4, -0.2) is 29.8 Å². The molecule has 3 aromatic rings. The van der Waals surface area contributed by atoms with Crippen molar-refractivity contribution in [3.63, 3.8) is 0 Å². The number of halogens is 1. The van der Waals surface area contributed by atoms with Crippen molar-refractivity contribution < 1.29 is 0 Å². The molecule has 0 fully saturated rings. The van der Waals surface area contributed by atoms with Crippen molar-refractivity contribution in [2.75, 3.05) is 0 Å². The topological polar surface area (TPSA) is 61.4 Å². The Hall–Kier alpha value is -2.21. The Morgan fingerprint density at radius 2 is 1.86 bits per heavy atom. The van der Waals surface area contributed by atoms with Crippen molar-refractivity contribution in [3.05, 3.63) is 53.3 Å². The Bertz CT molecular complexity index is 766. The first kappa shape index (κ1) is 14.7. The molecule has 0 unspecified atom stereocenters. The molecule has 1 aromatic carbocycles. The highest BCUT2D eigenvalue weighted by molar-refractivity contribution is 6.30. The van der Waals surface area contributed by atoms with Crippen molar-refractivity contribution >= 4 is 11.6 Å². The van der Waals surface area contributed by atoms with Crippen LogP contribution in [0, 0.1) is 0 Å². The molecule has 0 bridgehead atoms. The van der Waals surface area contributed by atoms with Crippen molar-refractivity contribution in [1.29, 1.82) is 0 Å². The molecule has 0 N–H and O–H groups in total. The summed E-state index contributed by atoms with van der Waals surface area (Å²) in [6.07, 6.45) is 3.46. The van der Waals surface area contributed by atoms with E-state index in [2.05, 4.69) is 41.2 Å². The van der Waals surface area contributed by atoms with Crippen LogP contribution in [0.2, 0.25) is 5.02 Å². The zero-order chi connectivity index (χ0) is 15.7. The van der Waals surface area contributed by atoms with Gasteiger partial charge >= 0.3 is 0 Å². The summed E-state index contributed by atoms with van der Waals surface area (Å²) in [6, 6.07) is 7.45. The lowest BCUT2D eigenvalue weighted by molar-refractivity contribution is 0.488. The predicted molar refractivity (Wildman–Crippen MR) is 84.2 cm³/mol. The van der Waals surface area contributed by atoms with Crippen LogP contribution in [0.3, 0.4) is 0 Å². The third kappa shape index (κ3) is 3.01. The Kier molecular flexibility index (Phi) is 3.70. The van der Waals surface area contributed by atoms with Crippen molar-refractivity contribution in [2.24, 2.45) is 0 Å². The Morgan fingerprint density at radius 1 is 1.14 bits per heavy atom. The summed E-state index contributed by atoms with van der Waals surface area (Å²) in [5, 5.41) is 13.3. The number of nitrogens with zero attached hydrogens (tertiary/aromatic N) is 6. The van der Waals surface area contributed by atoms with E-state index in [1.165, 1.54) is 0 Å². The van der Waals surface area contributed by atoms with E-state index in [9.17, 15) is 0 Å². The lowest BCUT2D eigenvalue weighted by Crippen LogP contribution is -2.20. The van der Waals surface area contributed by atoms with Crippen LogP contribution in [0.25, 0.3) is 5.69 Å². The molecule has 0 atom stereocenters. The van der Waals surface area contributed by atoms with E-state index in [0.29, 0.717) is 11.6 Å². The van der Waals surface area contributed by atoms with Crippen LogP contribution in [-0.2, 0) is 12.0 Å². The quantitative estimate of drug-likeness (QED) is 0.745. The molecule has 0 saturated carbocycles. The van der Waals surface area contributed by atoms with Crippen molar-refractivity contribution in [1.82, 2.24) is 29.8 Å². The van der Waals surface area contributed by atoms with Gasteiger partial charge in [0.15, 0.2) is 0 Å². The van der Waals surface area contributed by atoms with Gasteiger partial charge in [-0.2, -0.15) is 5.10 Å². The molecule has 0 radical (unpaired) electrons. The Balaban J connectivity index is 1.83. The first-order valence-corrected chi connectivity index (χ1v) is 7.37. The van der Waals surface area contributed by atoms with Gasteiger partial charge in [0.2, 0.25) is 0 Å². The summed E-state index contributed by atoms with van der Waals surface area (Å²) in [5.41, 5.74) is 1.67. The Labute approximate surface area is 133 Å². The van der Waals surface area contributed by atoms with Gasteiger partial charge in [-0.1, -0.05) is 37.6 Å². The molecule has 22 heavy (non-hydrogen) atoms. The van der Waals surface area contributed by atoms with E-state index in [4.69, 9.17) is 11.6 Å². The van der Waals surface area contributed by atoms with Crippen LogP contribution >= 0.6 is 11.6 Å². The number of rotatable bonds is 3. The average Bonchev–Trinajstić information content (AvgIpc) is 3.09. The predicted octanol–water partition coefficient (Wildman–Crippen LogP) is 2.86. The molecule has 0 aliphatic rings. The van der Waals surface area contributed by atoms with Crippen LogP contribution in [0.4, 0.5) is 0 Å². The minimum Gasteiger partial charge on any atom is -0.243 e. The number of hydrogen-bond donors (Lipinski definition) is 0. The number of benzene rings is 1. The van der Waals surface area contributed by atoms with Gasteiger partial charge in [0.25, 0.3) is 0 Å². The molecule has 0 spiro atoms. The molecule has 2 heterocycles. The second-order valence-corrected chi connectivity index (χ2v) is 6.56. The minimum atomic E-state index is -0.0668. The summed E-state index contributed by atoms with van der Waals surface area (Å²) in [4.78, 5) is 4.34. The van der Waals surface area contributed by atoms with Crippen LogP contribution in [0.5, 0.6) is 0 Å². The summed E-state index contributed by atoms with van der Waals surface area (Å²) in [5.74, 6) is 0.925. The third-order valence-corrected chi connectivity index (χ3v) is 3.48. The van der Waals surface area contributed by atoms with Crippen LogP contribution < -0.4 is 0 Å². The molecule has 0 saturated heterocycles. The van der Waals surface area contributed by atoms with Gasteiger partial charge in [0.1, 0.15) is 17.8 Å². The van der Waals surface area contributed by atoms with Gasteiger partial charge in [0, 0.05) is 10.4 Å². The summed E-state index contributed by atoms with van der Waals surface area (Å²) >= 11 is 5.90. The van der Waals surface area contributed by atoms with Crippen LogP contribution in [0.1, 0.15) is 32.3 Å². The van der Waals surface area contributed by atoms with Crippen molar-refractivity contribution in [2.45, 2.75) is 32.7 Å². The first-order valence-electron chi connectivity index (χ1n) is 6.99. The highest BCUT2D eigenvalue weighted by Crippen LogP contribution is 2.20. The summed E-state index contributed by atoms with van der Waals surface area (Å²) < 4.78 is 3.58. The summed E-state index contributed by atoms with van der Waals surface area (Å²) in [6.45, 7) is 6.87. The highest BCUT2D eigenvalue weighted by atomic mass is 35.5. The van der Waals surface area contributed by atoms with Crippen molar-refractivity contribution in [3.8, 4) is 5.69 Å².